The van der Waals surface area contributed by atoms with Crippen molar-refractivity contribution >= 4 is 5.91 Å². The molecule has 0 aromatic carbocycles. The van der Waals surface area contributed by atoms with Crippen LogP contribution in [-0.2, 0) is 4.79 Å². The van der Waals surface area contributed by atoms with Crippen molar-refractivity contribution in [3.8, 4) is 0 Å². The van der Waals surface area contributed by atoms with Crippen LogP contribution in [0.2, 0.25) is 0 Å². The summed E-state index contributed by atoms with van der Waals surface area (Å²) < 4.78 is 0. The van der Waals surface area contributed by atoms with Gasteiger partial charge in [-0.25, -0.2) is 0 Å². The first-order chi connectivity index (χ1) is 6.02. The summed E-state index contributed by atoms with van der Waals surface area (Å²) in [6.45, 7) is 1.07. The highest BCUT2D eigenvalue weighted by atomic mass is 16.2. The number of carbonyl (C=O) groups is 1. The second-order valence-electron chi connectivity index (χ2n) is 4.23. The number of hydrogen-bond donors (Lipinski definition) is 2. The van der Waals surface area contributed by atoms with Gasteiger partial charge in [-0.15, -0.1) is 0 Å². The second kappa shape index (κ2) is 4.07. The molecule has 3 N–H and O–H groups in total. The molecule has 0 aromatic heterocycles. The lowest BCUT2D eigenvalue weighted by Crippen LogP contribution is -2.55. The van der Waals surface area contributed by atoms with Crippen LogP contribution >= 0.6 is 0 Å². The van der Waals surface area contributed by atoms with Gasteiger partial charge in [0, 0.05) is 12.1 Å². The summed E-state index contributed by atoms with van der Waals surface area (Å²) in [6, 6.07) is 0. The first kappa shape index (κ1) is 10.5. The van der Waals surface area contributed by atoms with Gasteiger partial charge in [0.05, 0.1) is 6.54 Å². The van der Waals surface area contributed by atoms with Crippen molar-refractivity contribution in [2.24, 2.45) is 5.73 Å². The number of carbonyl (C=O) groups excluding carboxylic acids is 1. The van der Waals surface area contributed by atoms with Crippen molar-refractivity contribution in [1.29, 1.82) is 0 Å². The van der Waals surface area contributed by atoms with Gasteiger partial charge >= 0.3 is 0 Å². The fourth-order valence-corrected chi connectivity index (χ4v) is 1.43. The number of hydrogen-bond acceptors (Lipinski definition) is 3. The lowest BCUT2D eigenvalue weighted by atomic mass is 9.78. The number of nitrogens with zero attached hydrogens (tertiary/aromatic N) is 1. The molecule has 0 saturated heterocycles. The lowest BCUT2D eigenvalue weighted by molar-refractivity contribution is -0.122. The summed E-state index contributed by atoms with van der Waals surface area (Å²) in [4.78, 5) is 13.1. The van der Waals surface area contributed by atoms with E-state index in [4.69, 9.17) is 5.73 Å². The Balaban J connectivity index is 2.14. The van der Waals surface area contributed by atoms with E-state index in [1.54, 1.807) is 0 Å². The van der Waals surface area contributed by atoms with Crippen molar-refractivity contribution in [2.75, 3.05) is 27.2 Å². The van der Waals surface area contributed by atoms with Gasteiger partial charge in [-0.2, -0.15) is 0 Å². The van der Waals surface area contributed by atoms with Gasteiger partial charge in [0.15, 0.2) is 0 Å². The predicted molar refractivity (Wildman–Crippen MR) is 52.3 cm³/mol. The van der Waals surface area contributed by atoms with E-state index in [9.17, 15) is 4.79 Å². The monoisotopic (exact) mass is 185 g/mol. The summed E-state index contributed by atoms with van der Waals surface area (Å²) in [5.41, 5.74) is 5.84. The molecule has 0 spiro atoms. The molecule has 76 valence electrons. The molecule has 0 radical (unpaired) electrons. The summed E-state index contributed by atoms with van der Waals surface area (Å²) in [7, 11) is 3.75. The van der Waals surface area contributed by atoms with Gasteiger partial charge in [-0.1, -0.05) is 0 Å². The van der Waals surface area contributed by atoms with Crippen molar-refractivity contribution in [3.63, 3.8) is 0 Å². The average molecular weight is 185 g/mol. The molecule has 0 unspecified atom stereocenters. The minimum atomic E-state index is -0.109. The van der Waals surface area contributed by atoms with E-state index in [0.29, 0.717) is 13.1 Å². The molecule has 0 bridgehead atoms. The summed E-state index contributed by atoms with van der Waals surface area (Å²) in [5, 5.41) is 2.85. The van der Waals surface area contributed by atoms with Gasteiger partial charge in [-0.3, -0.25) is 4.79 Å². The maximum Gasteiger partial charge on any atom is 0.234 e. The zero-order valence-electron chi connectivity index (χ0n) is 8.47. The van der Waals surface area contributed by atoms with E-state index < -0.39 is 0 Å². The Morgan fingerprint density at radius 3 is 2.54 bits per heavy atom. The van der Waals surface area contributed by atoms with Crippen LogP contribution in [0.3, 0.4) is 0 Å². The van der Waals surface area contributed by atoms with E-state index in [1.165, 1.54) is 6.42 Å². The van der Waals surface area contributed by atoms with Gasteiger partial charge in [0.2, 0.25) is 5.91 Å². The third-order valence-corrected chi connectivity index (χ3v) is 2.45. The molecule has 1 aliphatic carbocycles. The smallest absolute Gasteiger partial charge is 0.234 e. The largest absolute Gasteiger partial charge is 0.353 e. The maximum absolute atomic E-state index is 11.2. The molecule has 0 aromatic rings. The van der Waals surface area contributed by atoms with E-state index in [0.717, 1.165) is 12.8 Å². The Labute approximate surface area is 79.5 Å². The van der Waals surface area contributed by atoms with Crippen LogP contribution in [0.5, 0.6) is 0 Å². The number of likely N-dealkylation sites (N-methyl/N-ethyl adjacent to an activating group) is 1. The predicted octanol–water partition coefficient (Wildman–Crippen LogP) is -0.454. The molecule has 0 atom stereocenters. The zero-order valence-corrected chi connectivity index (χ0v) is 8.47. The Morgan fingerprint density at radius 2 is 2.15 bits per heavy atom. The van der Waals surface area contributed by atoms with Crippen molar-refractivity contribution in [3.05, 3.63) is 0 Å². The highest BCUT2D eigenvalue weighted by Crippen LogP contribution is 2.27. The third kappa shape index (κ3) is 3.32. The van der Waals surface area contributed by atoms with Gasteiger partial charge in [0.1, 0.15) is 0 Å². The third-order valence-electron chi connectivity index (χ3n) is 2.45. The molecule has 0 aliphatic heterocycles. The van der Waals surface area contributed by atoms with Crippen LogP contribution in [-0.4, -0.2) is 43.5 Å². The number of nitrogens with two attached hydrogens (primary N) is 1. The number of nitrogens with one attached hydrogen (secondary N) is 1. The van der Waals surface area contributed by atoms with Gasteiger partial charge in [-0.05, 0) is 33.4 Å². The molecule has 1 amide bonds. The molecule has 1 fully saturated rings. The first-order valence-corrected chi connectivity index (χ1v) is 4.72. The SMILES string of the molecule is CN(C)CC(=O)NCC1(N)CCC1. The van der Waals surface area contributed by atoms with Crippen LogP contribution < -0.4 is 11.1 Å². The van der Waals surface area contributed by atoms with Crippen LogP contribution in [0.1, 0.15) is 19.3 Å². The van der Waals surface area contributed by atoms with Crippen LogP contribution in [0.25, 0.3) is 0 Å². The van der Waals surface area contributed by atoms with Crippen LogP contribution in [0.15, 0.2) is 0 Å². The first-order valence-electron chi connectivity index (χ1n) is 4.72. The van der Waals surface area contributed by atoms with Gasteiger partial charge in [0.25, 0.3) is 0 Å². The molecule has 4 nitrogen and oxygen atoms in total. The minimum absolute atomic E-state index is 0.0572. The fourth-order valence-electron chi connectivity index (χ4n) is 1.43. The number of rotatable bonds is 4. The second-order valence-corrected chi connectivity index (χ2v) is 4.23. The van der Waals surface area contributed by atoms with E-state index >= 15 is 0 Å². The van der Waals surface area contributed by atoms with Crippen molar-refractivity contribution in [1.82, 2.24) is 10.2 Å². The van der Waals surface area contributed by atoms with Crippen molar-refractivity contribution in [2.45, 2.75) is 24.8 Å². The molecular formula is C9H19N3O. The van der Waals surface area contributed by atoms with E-state index in [1.807, 2.05) is 19.0 Å². The van der Waals surface area contributed by atoms with Crippen LogP contribution in [0, 0.1) is 0 Å². The number of amides is 1. The Kier molecular flexibility index (Phi) is 3.27. The maximum atomic E-state index is 11.2. The van der Waals surface area contributed by atoms with Gasteiger partial charge < -0.3 is 16.0 Å². The quantitative estimate of drug-likeness (QED) is 0.623. The van der Waals surface area contributed by atoms with Crippen molar-refractivity contribution < 1.29 is 4.79 Å². The molecular weight excluding hydrogens is 166 g/mol. The molecule has 1 saturated carbocycles. The molecule has 1 rings (SSSR count). The highest BCUT2D eigenvalue weighted by molar-refractivity contribution is 5.78. The normalized spacial score (nSPS) is 19.7. The zero-order chi connectivity index (χ0) is 9.90. The topological polar surface area (TPSA) is 58.4 Å². The lowest BCUT2D eigenvalue weighted by Gasteiger charge is -2.38. The molecule has 4 heteroatoms. The van der Waals surface area contributed by atoms with E-state index in [2.05, 4.69) is 5.32 Å². The summed E-state index contributed by atoms with van der Waals surface area (Å²) in [6.07, 6.45) is 3.27. The van der Waals surface area contributed by atoms with E-state index in [-0.39, 0.29) is 11.4 Å². The Bertz CT molecular complexity index is 187. The molecule has 13 heavy (non-hydrogen) atoms. The Morgan fingerprint density at radius 1 is 1.54 bits per heavy atom. The molecule has 0 heterocycles. The standard InChI is InChI=1S/C9H19N3O/c1-12(2)6-8(13)11-7-9(10)4-3-5-9/h3-7,10H2,1-2H3,(H,11,13). The minimum Gasteiger partial charge on any atom is -0.353 e. The highest BCUT2D eigenvalue weighted by Gasteiger charge is 2.32. The molecule has 1 aliphatic rings. The van der Waals surface area contributed by atoms with Crippen LogP contribution in [0.4, 0.5) is 0 Å². The summed E-state index contributed by atoms with van der Waals surface area (Å²) in [5.74, 6) is 0.0572. The summed E-state index contributed by atoms with van der Waals surface area (Å²) >= 11 is 0. The average Bonchev–Trinajstić information content (AvgIpc) is 1.96. The fraction of sp³-hybridized carbons (Fsp3) is 0.889. The Hall–Kier alpha value is -0.610.